The predicted molar refractivity (Wildman–Crippen MR) is 128 cm³/mol. The fraction of sp³-hybridized carbons (Fsp3) is 0.261. The van der Waals surface area contributed by atoms with Gasteiger partial charge in [0, 0.05) is 35.3 Å². The van der Waals surface area contributed by atoms with Crippen LogP contribution in [0, 0.1) is 6.92 Å². The largest absolute Gasteiger partial charge is 0.487 e. The summed E-state index contributed by atoms with van der Waals surface area (Å²) in [6, 6.07) is 12.5. The number of carbonyl (C=O) groups is 2. The molecular formula is C23H24Cl2N4O3. The predicted octanol–water partition coefficient (Wildman–Crippen LogP) is 4.71. The van der Waals surface area contributed by atoms with E-state index in [1.807, 2.05) is 37.3 Å². The first kappa shape index (κ1) is 23.6. The van der Waals surface area contributed by atoms with E-state index in [-0.39, 0.29) is 19.1 Å². The smallest absolute Gasteiger partial charge is 0.315 e. The number of amides is 3. The molecule has 0 unspecified atom stereocenters. The summed E-state index contributed by atoms with van der Waals surface area (Å²) in [7, 11) is 1.58. The summed E-state index contributed by atoms with van der Waals surface area (Å²) in [6.07, 6.45) is 0. The van der Waals surface area contributed by atoms with Crippen molar-refractivity contribution in [3.05, 3.63) is 63.8 Å². The molecule has 0 fully saturated rings. The van der Waals surface area contributed by atoms with E-state index in [1.165, 1.54) is 4.90 Å². The van der Waals surface area contributed by atoms with Gasteiger partial charge in [-0.1, -0.05) is 41.4 Å². The molecule has 1 heterocycles. The topological polar surface area (TPSA) is 83.6 Å². The van der Waals surface area contributed by atoms with Crippen molar-refractivity contribution < 1.29 is 14.3 Å². The number of halogens is 2. The standard InChI is InChI=1S/C23H24Cl2N4O3/c1-4-26-23(31)27-12-20(30)29(3)18-11-10-17(24)16(21(18)25)13-32-19-7-5-6-15-9-8-14(2)28-22(15)19/h5-11H,4,12-13H2,1-3H3,(H2,26,27,31). The Morgan fingerprint density at radius 2 is 1.88 bits per heavy atom. The number of para-hydroxylation sites is 1. The van der Waals surface area contributed by atoms with Crippen molar-refractivity contribution in [3.8, 4) is 5.75 Å². The van der Waals surface area contributed by atoms with Crippen molar-refractivity contribution in [2.45, 2.75) is 20.5 Å². The number of nitrogens with one attached hydrogen (secondary N) is 2. The first-order valence-electron chi connectivity index (χ1n) is 10.1. The lowest BCUT2D eigenvalue weighted by atomic mass is 10.1. The summed E-state index contributed by atoms with van der Waals surface area (Å²) in [6.45, 7) is 4.10. The molecule has 0 spiro atoms. The number of aryl methyl sites for hydroxylation is 1. The second kappa shape index (κ2) is 10.5. The Balaban J connectivity index is 1.79. The summed E-state index contributed by atoms with van der Waals surface area (Å²) in [5, 5.41) is 6.76. The van der Waals surface area contributed by atoms with Crippen LogP contribution in [-0.2, 0) is 11.4 Å². The maximum absolute atomic E-state index is 12.5. The van der Waals surface area contributed by atoms with Crippen LogP contribution in [0.25, 0.3) is 10.9 Å². The third-order valence-corrected chi connectivity index (χ3v) is 5.61. The van der Waals surface area contributed by atoms with Gasteiger partial charge >= 0.3 is 6.03 Å². The monoisotopic (exact) mass is 474 g/mol. The zero-order chi connectivity index (χ0) is 23.3. The first-order chi connectivity index (χ1) is 15.3. The van der Waals surface area contributed by atoms with Gasteiger partial charge in [0.15, 0.2) is 0 Å². The number of ether oxygens (including phenoxy) is 1. The molecule has 1 aromatic heterocycles. The molecule has 0 saturated heterocycles. The number of anilines is 1. The minimum absolute atomic E-state index is 0.0967. The van der Waals surface area contributed by atoms with Gasteiger partial charge < -0.3 is 20.3 Å². The normalized spacial score (nSPS) is 10.7. The fourth-order valence-electron chi connectivity index (χ4n) is 3.09. The van der Waals surface area contributed by atoms with Gasteiger partial charge in [0.1, 0.15) is 17.9 Å². The zero-order valence-electron chi connectivity index (χ0n) is 18.0. The van der Waals surface area contributed by atoms with Gasteiger partial charge in [0.2, 0.25) is 5.91 Å². The highest BCUT2D eigenvalue weighted by molar-refractivity contribution is 6.38. The van der Waals surface area contributed by atoms with E-state index in [4.69, 9.17) is 27.9 Å². The number of nitrogens with zero attached hydrogens (tertiary/aromatic N) is 2. The van der Waals surface area contributed by atoms with Crippen molar-refractivity contribution in [3.63, 3.8) is 0 Å². The summed E-state index contributed by atoms with van der Waals surface area (Å²) < 4.78 is 6.02. The molecule has 0 atom stereocenters. The van der Waals surface area contributed by atoms with Crippen molar-refractivity contribution in [1.29, 1.82) is 0 Å². The van der Waals surface area contributed by atoms with Gasteiger partial charge in [-0.2, -0.15) is 0 Å². The molecule has 0 bridgehead atoms. The molecule has 2 N–H and O–H groups in total. The number of fused-ring (bicyclic) bond motifs is 1. The fourth-order valence-corrected chi connectivity index (χ4v) is 3.70. The highest BCUT2D eigenvalue weighted by Gasteiger charge is 2.19. The number of likely N-dealkylation sites (N-methyl/N-ethyl adjacent to an activating group) is 1. The maximum Gasteiger partial charge on any atom is 0.315 e. The molecule has 0 aliphatic heterocycles. The van der Waals surface area contributed by atoms with E-state index in [2.05, 4.69) is 15.6 Å². The van der Waals surface area contributed by atoms with Crippen LogP contribution in [0.5, 0.6) is 5.75 Å². The zero-order valence-corrected chi connectivity index (χ0v) is 19.5. The van der Waals surface area contributed by atoms with Crippen molar-refractivity contribution in [2.24, 2.45) is 0 Å². The number of hydrogen-bond donors (Lipinski definition) is 2. The number of hydrogen-bond acceptors (Lipinski definition) is 4. The Kier molecular flexibility index (Phi) is 7.77. The summed E-state index contributed by atoms with van der Waals surface area (Å²) in [5.74, 6) is 0.278. The highest BCUT2D eigenvalue weighted by atomic mass is 35.5. The minimum Gasteiger partial charge on any atom is -0.487 e. The number of benzene rings is 2. The first-order valence-corrected chi connectivity index (χ1v) is 10.8. The number of pyridine rings is 1. The van der Waals surface area contributed by atoms with Crippen molar-refractivity contribution >= 4 is 51.7 Å². The molecule has 32 heavy (non-hydrogen) atoms. The molecule has 2 aromatic carbocycles. The highest BCUT2D eigenvalue weighted by Crippen LogP contribution is 2.35. The molecule has 3 rings (SSSR count). The second-order valence-corrected chi connectivity index (χ2v) is 7.88. The van der Waals surface area contributed by atoms with Crippen LogP contribution in [0.4, 0.5) is 10.5 Å². The SMILES string of the molecule is CCNC(=O)NCC(=O)N(C)c1ccc(Cl)c(COc2cccc3ccc(C)nc23)c1Cl. The molecular weight excluding hydrogens is 451 g/mol. The third kappa shape index (κ3) is 5.41. The van der Waals surface area contributed by atoms with E-state index < -0.39 is 6.03 Å². The average Bonchev–Trinajstić information content (AvgIpc) is 2.77. The quantitative estimate of drug-likeness (QED) is 0.519. The maximum atomic E-state index is 12.5. The van der Waals surface area contributed by atoms with Gasteiger partial charge in [0.25, 0.3) is 0 Å². The Labute approximate surface area is 196 Å². The molecule has 0 aliphatic rings. The Morgan fingerprint density at radius 3 is 2.62 bits per heavy atom. The number of rotatable bonds is 7. The van der Waals surface area contributed by atoms with E-state index in [0.717, 1.165) is 16.6 Å². The summed E-state index contributed by atoms with van der Waals surface area (Å²) in [4.78, 5) is 30.0. The van der Waals surface area contributed by atoms with Crippen LogP contribution in [0.1, 0.15) is 18.2 Å². The minimum atomic E-state index is -0.413. The van der Waals surface area contributed by atoms with E-state index in [1.54, 1.807) is 26.1 Å². The molecule has 7 nitrogen and oxygen atoms in total. The molecule has 9 heteroatoms. The Hall–Kier alpha value is -3.03. The van der Waals surface area contributed by atoms with E-state index >= 15 is 0 Å². The van der Waals surface area contributed by atoms with E-state index in [9.17, 15) is 9.59 Å². The second-order valence-electron chi connectivity index (χ2n) is 7.09. The van der Waals surface area contributed by atoms with Crippen molar-refractivity contribution in [2.75, 3.05) is 25.0 Å². The molecule has 3 aromatic rings. The Bertz CT molecular complexity index is 1150. The molecule has 0 aliphatic carbocycles. The van der Waals surface area contributed by atoms with Gasteiger partial charge in [-0.15, -0.1) is 0 Å². The van der Waals surface area contributed by atoms with E-state index in [0.29, 0.717) is 33.6 Å². The molecule has 168 valence electrons. The van der Waals surface area contributed by atoms with Gasteiger partial charge in [-0.3, -0.25) is 4.79 Å². The number of urea groups is 1. The van der Waals surface area contributed by atoms with Crippen LogP contribution in [0.3, 0.4) is 0 Å². The van der Waals surface area contributed by atoms with Gasteiger partial charge in [-0.05, 0) is 38.1 Å². The number of aromatic nitrogens is 1. The van der Waals surface area contributed by atoms with Crippen LogP contribution in [0.15, 0.2) is 42.5 Å². The van der Waals surface area contributed by atoms with Crippen LogP contribution < -0.4 is 20.3 Å². The number of carbonyl (C=O) groups excluding carboxylic acids is 2. The molecule has 0 radical (unpaired) electrons. The average molecular weight is 475 g/mol. The van der Waals surface area contributed by atoms with Gasteiger partial charge in [-0.25, -0.2) is 9.78 Å². The third-order valence-electron chi connectivity index (χ3n) is 4.83. The summed E-state index contributed by atoms with van der Waals surface area (Å²) >= 11 is 13.0. The van der Waals surface area contributed by atoms with Crippen LogP contribution >= 0.6 is 23.2 Å². The molecule has 3 amide bonds. The van der Waals surface area contributed by atoms with Crippen molar-refractivity contribution in [1.82, 2.24) is 15.6 Å². The summed E-state index contributed by atoms with van der Waals surface area (Å²) in [5.41, 5.74) is 2.64. The lowest BCUT2D eigenvalue weighted by molar-refractivity contribution is -0.117. The molecule has 0 saturated carbocycles. The lowest BCUT2D eigenvalue weighted by Crippen LogP contribution is -2.42. The Morgan fingerprint density at radius 1 is 1.09 bits per heavy atom. The lowest BCUT2D eigenvalue weighted by Gasteiger charge is -2.21. The van der Waals surface area contributed by atoms with Crippen LogP contribution in [-0.4, -0.2) is 37.1 Å². The van der Waals surface area contributed by atoms with Crippen LogP contribution in [0.2, 0.25) is 10.0 Å². The van der Waals surface area contributed by atoms with Gasteiger partial charge in [0.05, 0.1) is 17.3 Å².